The van der Waals surface area contributed by atoms with Gasteiger partial charge < -0.3 is 4.90 Å². The molecule has 92 valence electrons. The predicted molar refractivity (Wildman–Crippen MR) is 66.5 cm³/mol. The Labute approximate surface area is 109 Å². The van der Waals surface area contributed by atoms with Gasteiger partial charge in [0.05, 0.1) is 10.0 Å². The molecule has 1 aromatic rings. The normalized spacial score (nSPS) is 17.2. The minimum atomic E-state index is -0.784. The Morgan fingerprint density at radius 3 is 2.47 bits per heavy atom. The van der Waals surface area contributed by atoms with Crippen molar-refractivity contribution in [1.82, 2.24) is 4.90 Å². The van der Waals surface area contributed by atoms with Crippen molar-refractivity contribution in [3.05, 3.63) is 33.8 Å². The van der Waals surface area contributed by atoms with Crippen LogP contribution >= 0.6 is 23.2 Å². The molecule has 1 heterocycles. The topological polar surface area (TPSA) is 20.3 Å². The zero-order valence-corrected chi connectivity index (χ0v) is 10.6. The van der Waals surface area contributed by atoms with Gasteiger partial charge in [0, 0.05) is 18.7 Å². The molecule has 0 bridgehead atoms. The first-order chi connectivity index (χ1) is 8.08. The summed E-state index contributed by atoms with van der Waals surface area (Å²) in [5, 5.41) is 0.781. The number of rotatable bonds is 1. The molecule has 0 aliphatic carbocycles. The van der Waals surface area contributed by atoms with Crippen molar-refractivity contribution in [2.24, 2.45) is 0 Å². The van der Waals surface area contributed by atoms with Crippen LogP contribution in [-0.4, -0.2) is 30.1 Å². The summed E-state index contributed by atoms with van der Waals surface area (Å²) in [5.41, 5.74) is 0.497. The van der Waals surface area contributed by atoms with E-state index in [-0.39, 0.29) is 5.91 Å². The van der Waals surface area contributed by atoms with E-state index < -0.39 is 6.17 Å². The average molecular weight is 276 g/mol. The molecule has 0 spiro atoms. The Hall–Kier alpha value is -0.800. The molecule has 0 atom stereocenters. The van der Waals surface area contributed by atoms with Gasteiger partial charge in [-0.25, -0.2) is 4.39 Å². The third kappa shape index (κ3) is 2.90. The Bertz CT molecular complexity index is 431. The first kappa shape index (κ1) is 12.7. The van der Waals surface area contributed by atoms with Gasteiger partial charge in [0.1, 0.15) is 6.17 Å². The number of carbonyl (C=O) groups excluding carboxylic acids is 1. The van der Waals surface area contributed by atoms with Gasteiger partial charge in [0.2, 0.25) is 0 Å². The van der Waals surface area contributed by atoms with Gasteiger partial charge >= 0.3 is 0 Å². The first-order valence-corrected chi connectivity index (χ1v) is 6.22. The minimum absolute atomic E-state index is 0.115. The molecule has 0 aromatic heterocycles. The number of alkyl halides is 1. The summed E-state index contributed by atoms with van der Waals surface area (Å²) in [6.45, 7) is 0.917. The maximum atomic E-state index is 13.0. The SMILES string of the molecule is O=C(c1ccc(Cl)c(Cl)c1)N1CCC(F)CC1. The van der Waals surface area contributed by atoms with Crippen molar-refractivity contribution in [1.29, 1.82) is 0 Å². The Kier molecular flexibility index (Phi) is 3.89. The van der Waals surface area contributed by atoms with Crippen LogP contribution in [0.5, 0.6) is 0 Å². The maximum absolute atomic E-state index is 13.0. The molecule has 1 aromatic carbocycles. The fourth-order valence-corrected chi connectivity index (χ4v) is 2.16. The second-order valence-corrected chi connectivity index (χ2v) is 4.91. The lowest BCUT2D eigenvalue weighted by atomic mass is 10.1. The summed E-state index contributed by atoms with van der Waals surface area (Å²) in [6.07, 6.45) is 0.0352. The molecule has 1 amide bonds. The minimum Gasteiger partial charge on any atom is -0.338 e. The lowest BCUT2D eigenvalue weighted by molar-refractivity contribution is 0.0667. The van der Waals surface area contributed by atoms with Crippen LogP contribution in [0.25, 0.3) is 0 Å². The van der Waals surface area contributed by atoms with E-state index in [1.165, 1.54) is 0 Å². The molecular weight excluding hydrogens is 264 g/mol. The van der Waals surface area contributed by atoms with E-state index in [1.54, 1.807) is 23.1 Å². The number of halogens is 3. The molecule has 1 saturated heterocycles. The monoisotopic (exact) mass is 275 g/mol. The van der Waals surface area contributed by atoms with E-state index in [4.69, 9.17) is 23.2 Å². The number of likely N-dealkylation sites (tertiary alicyclic amines) is 1. The van der Waals surface area contributed by atoms with Crippen molar-refractivity contribution in [3.8, 4) is 0 Å². The summed E-state index contributed by atoms with van der Waals surface area (Å²) in [4.78, 5) is 13.7. The maximum Gasteiger partial charge on any atom is 0.253 e. The van der Waals surface area contributed by atoms with Gasteiger partial charge in [0.25, 0.3) is 5.91 Å². The van der Waals surface area contributed by atoms with E-state index in [0.717, 1.165) is 0 Å². The summed E-state index contributed by atoms with van der Waals surface area (Å²) in [5.74, 6) is -0.115. The quantitative estimate of drug-likeness (QED) is 0.767. The average Bonchev–Trinajstić information content (AvgIpc) is 2.33. The highest BCUT2D eigenvalue weighted by atomic mass is 35.5. The Morgan fingerprint density at radius 2 is 1.88 bits per heavy atom. The van der Waals surface area contributed by atoms with Crippen LogP contribution in [0.15, 0.2) is 18.2 Å². The second-order valence-electron chi connectivity index (χ2n) is 4.10. The molecule has 2 rings (SSSR count). The van der Waals surface area contributed by atoms with Crippen molar-refractivity contribution in [2.75, 3.05) is 13.1 Å². The number of amides is 1. The molecule has 17 heavy (non-hydrogen) atoms. The van der Waals surface area contributed by atoms with E-state index >= 15 is 0 Å². The predicted octanol–water partition coefficient (Wildman–Crippen LogP) is 3.57. The number of hydrogen-bond donors (Lipinski definition) is 0. The fraction of sp³-hybridized carbons (Fsp3) is 0.417. The molecule has 1 fully saturated rings. The van der Waals surface area contributed by atoms with Crippen molar-refractivity contribution in [3.63, 3.8) is 0 Å². The lowest BCUT2D eigenvalue weighted by Gasteiger charge is -2.28. The van der Waals surface area contributed by atoms with Crippen LogP contribution in [-0.2, 0) is 0 Å². The van der Waals surface area contributed by atoms with Gasteiger partial charge in [0.15, 0.2) is 0 Å². The Balaban J connectivity index is 2.11. The van der Waals surface area contributed by atoms with Gasteiger partial charge in [-0.3, -0.25) is 4.79 Å². The number of benzene rings is 1. The van der Waals surface area contributed by atoms with Crippen LogP contribution in [0.3, 0.4) is 0 Å². The first-order valence-electron chi connectivity index (χ1n) is 5.46. The third-order valence-corrected chi connectivity index (χ3v) is 3.62. The number of nitrogens with zero attached hydrogens (tertiary/aromatic N) is 1. The summed E-state index contributed by atoms with van der Waals surface area (Å²) in [6, 6.07) is 4.78. The van der Waals surface area contributed by atoms with E-state index in [2.05, 4.69) is 0 Å². The molecule has 0 N–H and O–H groups in total. The molecule has 0 radical (unpaired) electrons. The zero-order chi connectivity index (χ0) is 12.4. The number of hydrogen-bond acceptors (Lipinski definition) is 1. The molecular formula is C12H12Cl2FNO. The molecule has 0 saturated carbocycles. The van der Waals surface area contributed by atoms with Crippen LogP contribution in [0.2, 0.25) is 10.0 Å². The zero-order valence-electron chi connectivity index (χ0n) is 9.13. The number of carbonyl (C=O) groups is 1. The van der Waals surface area contributed by atoms with E-state index in [0.29, 0.717) is 41.5 Å². The summed E-state index contributed by atoms with van der Waals surface area (Å²) >= 11 is 11.6. The van der Waals surface area contributed by atoms with Crippen molar-refractivity contribution >= 4 is 29.1 Å². The largest absolute Gasteiger partial charge is 0.338 e. The highest BCUT2D eigenvalue weighted by Crippen LogP contribution is 2.24. The third-order valence-electron chi connectivity index (χ3n) is 2.88. The summed E-state index contributed by atoms with van der Waals surface area (Å²) in [7, 11) is 0. The van der Waals surface area contributed by atoms with Crippen LogP contribution in [0.4, 0.5) is 4.39 Å². The molecule has 5 heteroatoms. The van der Waals surface area contributed by atoms with Crippen LogP contribution < -0.4 is 0 Å². The molecule has 1 aliphatic heterocycles. The van der Waals surface area contributed by atoms with Gasteiger partial charge in [-0.2, -0.15) is 0 Å². The van der Waals surface area contributed by atoms with Gasteiger partial charge in [-0.05, 0) is 31.0 Å². The number of piperidine rings is 1. The fourth-order valence-electron chi connectivity index (χ4n) is 1.86. The second kappa shape index (κ2) is 5.23. The summed E-state index contributed by atoms with van der Waals surface area (Å²) < 4.78 is 13.0. The van der Waals surface area contributed by atoms with E-state index in [1.807, 2.05) is 0 Å². The van der Waals surface area contributed by atoms with Crippen molar-refractivity contribution < 1.29 is 9.18 Å². The smallest absolute Gasteiger partial charge is 0.253 e. The highest BCUT2D eigenvalue weighted by Gasteiger charge is 2.23. The Morgan fingerprint density at radius 1 is 1.24 bits per heavy atom. The standard InChI is InChI=1S/C12H12Cl2FNO/c13-10-2-1-8(7-11(10)14)12(17)16-5-3-9(15)4-6-16/h1-2,7,9H,3-6H2. The van der Waals surface area contributed by atoms with E-state index in [9.17, 15) is 9.18 Å². The highest BCUT2D eigenvalue weighted by molar-refractivity contribution is 6.42. The molecule has 0 unspecified atom stereocenters. The van der Waals surface area contributed by atoms with Crippen molar-refractivity contribution in [2.45, 2.75) is 19.0 Å². The van der Waals surface area contributed by atoms with Crippen LogP contribution in [0.1, 0.15) is 23.2 Å². The molecule has 2 nitrogen and oxygen atoms in total. The lowest BCUT2D eigenvalue weighted by Crippen LogP contribution is -2.39. The van der Waals surface area contributed by atoms with Gasteiger partial charge in [-0.1, -0.05) is 23.2 Å². The van der Waals surface area contributed by atoms with Crippen LogP contribution in [0, 0.1) is 0 Å². The molecule has 1 aliphatic rings. The van der Waals surface area contributed by atoms with Gasteiger partial charge in [-0.15, -0.1) is 0 Å².